The fourth-order valence-electron chi connectivity index (χ4n) is 0.594. The maximum absolute atomic E-state index is 10.6. The second kappa shape index (κ2) is 4.48. The molecule has 5 N–H and O–H groups in total. The maximum atomic E-state index is 10.6. The summed E-state index contributed by atoms with van der Waals surface area (Å²) in [5.41, 5.74) is 0. The molecule has 0 aliphatic rings. The first-order valence-electron chi connectivity index (χ1n) is 3.11. The van der Waals surface area contributed by atoms with E-state index in [-0.39, 0.29) is 5.82 Å². The van der Waals surface area contributed by atoms with Gasteiger partial charge in [0.05, 0.1) is 5.31 Å². The molecule has 0 radical (unpaired) electrons. The molecule has 0 saturated carbocycles. The Hall–Kier alpha value is -0.0000000000000000971. The molecule has 13 heavy (non-hydrogen) atoms. The molecular formula is C4H10O7P2. The molecule has 0 unspecified atom stereocenters. The summed E-state index contributed by atoms with van der Waals surface area (Å²) in [6, 6.07) is 0. The lowest BCUT2D eigenvalue weighted by atomic mass is 10.4. The van der Waals surface area contributed by atoms with Crippen molar-refractivity contribution < 1.29 is 33.8 Å². The summed E-state index contributed by atoms with van der Waals surface area (Å²) in [7, 11) is -9.29. The second-order valence-corrected chi connectivity index (χ2v) is 5.33. The van der Waals surface area contributed by atoms with Gasteiger partial charge in [0.25, 0.3) is 0 Å². The molecule has 0 saturated heterocycles. The number of rotatable bonds is 4. The molecule has 0 aliphatic carbocycles. The fraction of sp³-hybridized carbons (Fsp3) is 0.500. The summed E-state index contributed by atoms with van der Waals surface area (Å²) in [6.07, 6.45) is -0.463. The number of aliphatic hydroxyl groups excluding tert-OH is 1. The molecule has 9 heteroatoms. The van der Waals surface area contributed by atoms with E-state index in [1.54, 1.807) is 0 Å². The first-order valence-corrected chi connectivity index (χ1v) is 6.40. The monoisotopic (exact) mass is 232 g/mol. The van der Waals surface area contributed by atoms with Crippen LogP contribution in [0.5, 0.6) is 0 Å². The summed E-state index contributed by atoms with van der Waals surface area (Å²) in [6.45, 7) is -0.586. The Kier molecular flexibility index (Phi) is 4.48. The summed E-state index contributed by atoms with van der Waals surface area (Å²) >= 11 is 0. The van der Waals surface area contributed by atoms with Crippen molar-refractivity contribution in [2.75, 3.05) is 6.61 Å². The lowest BCUT2D eigenvalue weighted by molar-refractivity contribution is 0.297. The molecule has 0 atom stereocenters. The summed E-state index contributed by atoms with van der Waals surface area (Å²) < 4.78 is 20.9. The van der Waals surface area contributed by atoms with Crippen molar-refractivity contribution in [1.82, 2.24) is 0 Å². The van der Waals surface area contributed by atoms with Crippen LogP contribution in [-0.4, -0.2) is 31.3 Å². The van der Waals surface area contributed by atoms with Crippen molar-refractivity contribution >= 4 is 15.2 Å². The van der Waals surface area contributed by atoms with Crippen LogP contribution in [0.2, 0.25) is 0 Å². The van der Waals surface area contributed by atoms with Crippen molar-refractivity contribution in [3.63, 3.8) is 0 Å². The second-order valence-electron chi connectivity index (χ2n) is 2.23. The molecule has 0 aliphatic heterocycles. The third-order valence-corrected chi connectivity index (χ3v) is 3.01. The van der Waals surface area contributed by atoms with Gasteiger partial charge in [0.15, 0.2) is 0 Å². The van der Waals surface area contributed by atoms with Gasteiger partial charge in [-0.15, -0.1) is 0 Å². The van der Waals surface area contributed by atoms with E-state index in [2.05, 4.69) is 0 Å². The van der Waals surface area contributed by atoms with Gasteiger partial charge in [-0.1, -0.05) is 0 Å². The van der Waals surface area contributed by atoms with E-state index in [1.807, 2.05) is 0 Å². The van der Waals surface area contributed by atoms with E-state index in [0.29, 0.717) is 0 Å². The predicted molar refractivity (Wildman–Crippen MR) is 43.9 cm³/mol. The highest BCUT2D eigenvalue weighted by molar-refractivity contribution is 7.60. The molecule has 78 valence electrons. The SMILES string of the molecule is O=P(O)(O)C=C(CCO)P(=O)(O)O. The lowest BCUT2D eigenvalue weighted by Gasteiger charge is -2.08. The van der Waals surface area contributed by atoms with E-state index in [1.165, 1.54) is 0 Å². The highest BCUT2D eigenvalue weighted by Gasteiger charge is 2.24. The van der Waals surface area contributed by atoms with Crippen LogP contribution < -0.4 is 0 Å². The Bertz CT molecular complexity index is 283. The van der Waals surface area contributed by atoms with Crippen LogP contribution in [0.4, 0.5) is 0 Å². The van der Waals surface area contributed by atoms with E-state index < -0.39 is 33.5 Å². The summed E-state index contributed by atoms with van der Waals surface area (Å²) in [5, 5.41) is 7.61. The van der Waals surface area contributed by atoms with Crippen molar-refractivity contribution in [2.45, 2.75) is 6.42 Å². The van der Waals surface area contributed by atoms with Crippen molar-refractivity contribution in [3.8, 4) is 0 Å². The van der Waals surface area contributed by atoms with Crippen LogP contribution in [0.1, 0.15) is 6.42 Å². The van der Waals surface area contributed by atoms with Crippen LogP contribution in [0.3, 0.4) is 0 Å². The average Bonchev–Trinajstić information content (AvgIpc) is 1.81. The molecule has 0 bridgehead atoms. The van der Waals surface area contributed by atoms with Crippen LogP contribution in [0.25, 0.3) is 0 Å². The fourth-order valence-corrected chi connectivity index (χ4v) is 2.56. The Morgan fingerprint density at radius 2 is 1.62 bits per heavy atom. The van der Waals surface area contributed by atoms with Crippen LogP contribution in [0.15, 0.2) is 11.1 Å². The van der Waals surface area contributed by atoms with Gasteiger partial charge in [-0.2, -0.15) is 0 Å². The molecule has 0 heterocycles. The highest BCUT2D eigenvalue weighted by Crippen LogP contribution is 2.52. The molecule has 0 aromatic rings. The first-order chi connectivity index (χ1) is 5.67. The zero-order valence-corrected chi connectivity index (χ0v) is 8.23. The van der Waals surface area contributed by atoms with Crippen molar-refractivity contribution in [2.24, 2.45) is 0 Å². The number of hydrogen-bond donors (Lipinski definition) is 5. The molecule has 0 aromatic carbocycles. The van der Waals surface area contributed by atoms with Gasteiger partial charge >= 0.3 is 15.2 Å². The molecule has 0 rings (SSSR count). The van der Waals surface area contributed by atoms with Crippen molar-refractivity contribution in [3.05, 3.63) is 11.1 Å². The van der Waals surface area contributed by atoms with E-state index in [4.69, 9.17) is 24.7 Å². The third-order valence-electron chi connectivity index (χ3n) is 1.06. The van der Waals surface area contributed by atoms with E-state index in [0.717, 1.165) is 0 Å². The van der Waals surface area contributed by atoms with Gasteiger partial charge < -0.3 is 24.7 Å². The Morgan fingerprint density at radius 3 is 1.85 bits per heavy atom. The van der Waals surface area contributed by atoms with E-state index in [9.17, 15) is 9.13 Å². The Labute approximate surface area is 74.0 Å². The van der Waals surface area contributed by atoms with Gasteiger partial charge in [-0.05, 0) is 0 Å². The average molecular weight is 232 g/mol. The molecule has 0 fully saturated rings. The van der Waals surface area contributed by atoms with Gasteiger partial charge in [-0.25, -0.2) is 0 Å². The molecule has 0 spiro atoms. The first kappa shape index (κ1) is 13.0. The maximum Gasteiger partial charge on any atom is 0.352 e. The number of hydrogen-bond acceptors (Lipinski definition) is 3. The number of aliphatic hydroxyl groups is 1. The van der Waals surface area contributed by atoms with Crippen LogP contribution in [-0.2, 0) is 9.13 Å². The highest BCUT2D eigenvalue weighted by atomic mass is 31.2. The van der Waals surface area contributed by atoms with Gasteiger partial charge in [-0.3, -0.25) is 9.13 Å². The lowest BCUT2D eigenvalue weighted by Crippen LogP contribution is -1.91. The molecular weight excluding hydrogens is 222 g/mol. The van der Waals surface area contributed by atoms with E-state index >= 15 is 0 Å². The molecule has 7 nitrogen and oxygen atoms in total. The minimum atomic E-state index is -4.68. The van der Waals surface area contributed by atoms with Crippen LogP contribution >= 0.6 is 15.2 Å². The standard InChI is InChI=1S/C4H10O7P2/c5-2-1-4(13(9,10)11)3-12(6,7)8/h3,5H,1-2H2,(H2,6,7,8)(H2,9,10,11). The quantitative estimate of drug-likeness (QED) is 0.414. The summed E-state index contributed by atoms with van der Waals surface area (Å²) in [4.78, 5) is 33.9. The zero-order valence-electron chi connectivity index (χ0n) is 6.44. The van der Waals surface area contributed by atoms with Crippen molar-refractivity contribution in [1.29, 1.82) is 0 Å². The Morgan fingerprint density at radius 1 is 1.15 bits per heavy atom. The Balaban J connectivity index is 4.94. The zero-order chi connectivity index (χ0) is 10.7. The third kappa shape index (κ3) is 6.12. The normalized spacial score (nSPS) is 14.7. The topological polar surface area (TPSA) is 135 Å². The minimum absolute atomic E-state index is 0.185. The van der Waals surface area contributed by atoms with Gasteiger partial charge in [0.1, 0.15) is 0 Å². The molecule has 0 aromatic heterocycles. The molecule has 0 amide bonds. The van der Waals surface area contributed by atoms with Gasteiger partial charge in [0, 0.05) is 18.8 Å². The van der Waals surface area contributed by atoms with Gasteiger partial charge in [0.2, 0.25) is 0 Å². The predicted octanol–water partition coefficient (Wildman–Crippen LogP) is -0.434. The smallest absolute Gasteiger partial charge is 0.352 e. The summed E-state index contributed by atoms with van der Waals surface area (Å²) in [5.74, 6) is 0.185. The largest absolute Gasteiger partial charge is 0.396 e. The van der Waals surface area contributed by atoms with Crippen LogP contribution in [0, 0.1) is 0 Å². The minimum Gasteiger partial charge on any atom is -0.396 e.